The highest BCUT2D eigenvalue weighted by atomic mass is 19.4. The topological polar surface area (TPSA) is 58.6 Å². The zero-order chi connectivity index (χ0) is 15.8. The smallest absolute Gasteiger partial charge is 0.386 e. The summed E-state index contributed by atoms with van der Waals surface area (Å²) in [5.74, 6) is -0.155. The van der Waals surface area contributed by atoms with E-state index in [1.165, 1.54) is 0 Å². The number of alkyl halides is 3. The summed E-state index contributed by atoms with van der Waals surface area (Å²) in [7, 11) is 0. The standard InChI is InChI=1S/C14H16F3NO3/c1-13(2)9-5-8(3-4-10(9)18-12(13)20)11(19)6-21-7-14(15,16)17/h3-5,11,19H,6-7H2,1-2H3,(H,18,20). The summed E-state index contributed by atoms with van der Waals surface area (Å²) >= 11 is 0. The Morgan fingerprint density at radius 2 is 2.05 bits per heavy atom. The van der Waals surface area contributed by atoms with Crippen LogP contribution in [0.4, 0.5) is 18.9 Å². The number of amides is 1. The summed E-state index contributed by atoms with van der Waals surface area (Å²) in [6, 6.07) is 4.81. The summed E-state index contributed by atoms with van der Waals surface area (Å²) in [6.45, 7) is 1.62. The number of ether oxygens (including phenoxy) is 1. The van der Waals surface area contributed by atoms with Crippen LogP contribution in [0.2, 0.25) is 0 Å². The number of aliphatic hydroxyl groups excluding tert-OH is 1. The van der Waals surface area contributed by atoms with Crippen LogP contribution in [0.1, 0.15) is 31.1 Å². The molecule has 21 heavy (non-hydrogen) atoms. The molecule has 116 valence electrons. The van der Waals surface area contributed by atoms with Gasteiger partial charge in [0.2, 0.25) is 5.91 Å². The molecular weight excluding hydrogens is 287 g/mol. The molecule has 0 saturated heterocycles. The molecule has 0 fully saturated rings. The third-order valence-corrected chi connectivity index (χ3v) is 3.46. The van der Waals surface area contributed by atoms with Gasteiger partial charge in [-0.15, -0.1) is 0 Å². The first-order chi connectivity index (χ1) is 9.61. The number of rotatable bonds is 4. The maximum absolute atomic E-state index is 12.0. The SMILES string of the molecule is CC1(C)C(=O)Nc2ccc(C(O)COCC(F)(F)F)cc21. The minimum Gasteiger partial charge on any atom is -0.386 e. The second kappa shape index (κ2) is 5.31. The monoisotopic (exact) mass is 303 g/mol. The van der Waals surface area contributed by atoms with Gasteiger partial charge in [0.25, 0.3) is 0 Å². The normalized spacial score (nSPS) is 18.3. The van der Waals surface area contributed by atoms with Crippen molar-refractivity contribution in [2.75, 3.05) is 18.5 Å². The molecule has 4 nitrogen and oxygen atoms in total. The summed E-state index contributed by atoms with van der Waals surface area (Å²) in [4.78, 5) is 11.8. The zero-order valence-corrected chi connectivity index (χ0v) is 11.6. The quantitative estimate of drug-likeness (QED) is 0.898. The van der Waals surface area contributed by atoms with Gasteiger partial charge in [0.15, 0.2) is 0 Å². The number of hydrogen-bond acceptors (Lipinski definition) is 3. The summed E-state index contributed by atoms with van der Waals surface area (Å²) in [6.07, 6.45) is -5.60. The Balaban J connectivity index is 2.09. The Morgan fingerprint density at radius 1 is 1.38 bits per heavy atom. The average Bonchev–Trinajstić information content (AvgIpc) is 2.58. The Labute approximate surface area is 119 Å². The number of carbonyl (C=O) groups excluding carboxylic acids is 1. The predicted octanol–water partition coefficient (Wildman–Crippen LogP) is 2.53. The Bertz CT molecular complexity index is 555. The molecule has 0 aliphatic carbocycles. The summed E-state index contributed by atoms with van der Waals surface area (Å²) in [5.41, 5.74) is 1.04. The van der Waals surface area contributed by atoms with E-state index in [1.54, 1.807) is 32.0 Å². The number of nitrogens with one attached hydrogen (secondary N) is 1. The zero-order valence-electron chi connectivity index (χ0n) is 11.6. The third-order valence-electron chi connectivity index (χ3n) is 3.46. The molecule has 1 atom stereocenters. The fourth-order valence-electron chi connectivity index (χ4n) is 2.18. The van der Waals surface area contributed by atoms with Crippen molar-refractivity contribution in [3.8, 4) is 0 Å². The van der Waals surface area contributed by atoms with Crippen molar-refractivity contribution in [2.45, 2.75) is 31.5 Å². The first-order valence-electron chi connectivity index (χ1n) is 6.40. The van der Waals surface area contributed by atoms with Crippen molar-refractivity contribution >= 4 is 11.6 Å². The number of benzene rings is 1. The molecule has 1 heterocycles. The third kappa shape index (κ3) is 3.36. The van der Waals surface area contributed by atoms with E-state index >= 15 is 0 Å². The van der Waals surface area contributed by atoms with Gasteiger partial charge in [-0.1, -0.05) is 6.07 Å². The van der Waals surface area contributed by atoms with Crippen molar-refractivity contribution in [1.29, 1.82) is 0 Å². The van der Waals surface area contributed by atoms with E-state index in [-0.39, 0.29) is 5.91 Å². The van der Waals surface area contributed by atoms with Crippen LogP contribution in [0, 0.1) is 0 Å². The van der Waals surface area contributed by atoms with Crippen LogP contribution in [0.5, 0.6) is 0 Å². The molecule has 2 rings (SSSR count). The van der Waals surface area contributed by atoms with Gasteiger partial charge in [-0.25, -0.2) is 0 Å². The second-order valence-corrected chi connectivity index (χ2v) is 5.53. The van der Waals surface area contributed by atoms with E-state index in [9.17, 15) is 23.1 Å². The van der Waals surface area contributed by atoms with Crippen LogP contribution in [0.3, 0.4) is 0 Å². The minimum absolute atomic E-state index is 0.155. The first kappa shape index (κ1) is 15.8. The molecule has 1 aromatic rings. The molecule has 0 radical (unpaired) electrons. The van der Waals surface area contributed by atoms with Gasteiger partial charge in [0, 0.05) is 5.69 Å². The average molecular weight is 303 g/mol. The van der Waals surface area contributed by atoms with Crippen molar-refractivity contribution in [2.24, 2.45) is 0 Å². The fourth-order valence-corrected chi connectivity index (χ4v) is 2.18. The molecule has 0 spiro atoms. The van der Waals surface area contributed by atoms with E-state index in [2.05, 4.69) is 10.1 Å². The van der Waals surface area contributed by atoms with Crippen LogP contribution in [0.25, 0.3) is 0 Å². The van der Waals surface area contributed by atoms with Crippen LogP contribution >= 0.6 is 0 Å². The largest absolute Gasteiger partial charge is 0.411 e. The number of carbonyl (C=O) groups is 1. The molecule has 0 saturated carbocycles. The van der Waals surface area contributed by atoms with Gasteiger partial charge >= 0.3 is 6.18 Å². The second-order valence-electron chi connectivity index (χ2n) is 5.53. The van der Waals surface area contributed by atoms with E-state index < -0.39 is 30.9 Å². The van der Waals surface area contributed by atoms with Crippen molar-refractivity contribution in [3.05, 3.63) is 29.3 Å². The van der Waals surface area contributed by atoms with Gasteiger partial charge in [-0.05, 0) is 37.1 Å². The van der Waals surface area contributed by atoms with Crippen LogP contribution in [0.15, 0.2) is 18.2 Å². The number of fused-ring (bicyclic) bond motifs is 1. The van der Waals surface area contributed by atoms with Gasteiger partial charge in [-0.2, -0.15) is 13.2 Å². The van der Waals surface area contributed by atoms with Gasteiger partial charge in [0.05, 0.1) is 12.0 Å². The lowest BCUT2D eigenvalue weighted by molar-refractivity contribution is -0.179. The lowest BCUT2D eigenvalue weighted by atomic mass is 9.85. The Morgan fingerprint density at radius 3 is 2.67 bits per heavy atom. The number of anilines is 1. The van der Waals surface area contributed by atoms with Gasteiger partial charge < -0.3 is 15.2 Å². The molecule has 1 aromatic carbocycles. The summed E-state index contributed by atoms with van der Waals surface area (Å²) < 4.78 is 40.4. The lowest BCUT2D eigenvalue weighted by Gasteiger charge is -2.18. The number of aliphatic hydroxyl groups is 1. The van der Waals surface area contributed by atoms with E-state index in [0.29, 0.717) is 16.8 Å². The lowest BCUT2D eigenvalue weighted by Crippen LogP contribution is -2.27. The maximum Gasteiger partial charge on any atom is 0.411 e. The molecule has 1 unspecified atom stereocenters. The minimum atomic E-state index is -4.42. The molecule has 7 heteroatoms. The molecule has 1 aliphatic rings. The first-order valence-corrected chi connectivity index (χ1v) is 6.40. The molecule has 1 aliphatic heterocycles. The molecular formula is C14H16F3NO3. The van der Waals surface area contributed by atoms with Crippen LogP contribution < -0.4 is 5.32 Å². The molecule has 2 N–H and O–H groups in total. The Hall–Kier alpha value is -1.60. The Kier molecular flexibility index (Phi) is 3.99. The molecule has 0 bridgehead atoms. The highest BCUT2D eigenvalue weighted by Gasteiger charge is 2.38. The van der Waals surface area contributed by atoms with Crippen molar-refractivity contribution in [1.82, 2.24) is 0 Å². The predicted molar refractivity (Wildman–Crippen MR) is 69.9 cm³/mol. The summed E-state index contributed by atoms with van der Waals surface area (Å²) in [5, 5.41) is 12.6. The fraction of sp³-hybridized carbons (Fsp3) is 0.500. The number of halogens is 3. The number of hydrogen-bond donors (Lipinski definition) is 2. The van der Waals surface area contributed by atoms with Gasteiger partial charge in [0.1, 0.15) is 12.7 Å². The maximum atomic E-state index is 12.0. The highest BCUT2D eigenvalue weighted by Crippen LogP contribution is 2.38. The highest BCUT2D eigenvalue weighted by molar-refractivity contribution is 6.05. The van der Waals surface area contributed by atoms with Gasteiger partial charge in [-0.3, -0.25) is 4.79 Å². The molecule has 1 amide bonds. The van der Waals surface area contributed by atoms with E-state index in [4.69, 9.17) is 0 Å². The van der Waals surface area contributed by atoms with E-state index in [0.717, 1.165) is 0 Å². The van der Waals surface area contributed by atoms with Crippen LogP contribution in [-0.4, -0.2) is 30.4 Å². The molecule has 0 aromatic heterocycles. The van der Waals surface area contributed by atoms with Crippen LogP contribution in [-0.2, 0) is 14.9 Å². The van der Waals surface area contributed by atoms with E-state index in [1.807, 2.05) is 0 Å². The van der Waals surface area contributed by atoms with Crippen molar-refractivity contribution < 1.29 is 27.8 Å². The van der Waals surface area contributed by atoms with Crippen molar-refractivity contribution in [3.63, 3.8) is 0 Å².